The number of hydrogen-bond donors (Lipinski definition) is 0. The molecule has 2 unspecified atom stereocenters. The van der Waals surface area contributed by atoms with Crippen molar-refractivity contribution in [2.24, 2.45) is 0 Å². The molecule has 2 aliphatic heterocycles. The van der Waals surface area contributed by atoms with Crippen molar-refractivity contribution < 1.29 is 4.74 Å². The highest BCUT2D eigenvalue weighted by atomic mass is 16.5. The minimum Gasteiger partial charge on any atom is -0.490 e. The number of benzene rings is 2. The summed E-state index contributed by atoms with van der Waals surface area (Å²) in [6, 6.07) is 17.2. The Balaban J connectivity index is 1.34. The van der Waals surface area contributed by atoms with Crippen LogP contribution in [0, 0.1) is 11.3 Å². The number of nitrogens with zero attached hydrogens (tertiary/aromatic N) is 2. The van der Waals surface area contributed by atoms with E-state index in [4.69, 9.17) is 10.00 Å². The van der Waals surface area contributed by atoms with Crippen molar-refractivity contribution in [2.75, 3.05) is 13.1 Å². The molecule has 2 heterocycles. The molecule has 3 nitrogen and oxygen atoms in total. The summed E-state index contributed by atoms with van der Waals surface area (Å²) >= 11 is 0. The minimum atomic E-state index is 0.316. The fraction of sp³-hybridized carbons (Fsp3) is 0.458. The number of ether oxygens (including phenoxy) is 1. The van der Waals surface area contributed by atoms with Crippen LogP contribution in [0.15, 0.2) is 42.5 Å². The summed E-state index contributed by atoms with van der Waals surface area (Å²) in [5.74, 6) is 1.04. The number of nitriles is 1. The Kier molecular flexibility index (Phi) is 5.45. The van der Waals surface area contributed by atoms with Crippen LogP contribution < -0.4 is 4.74 Å². The van der Waals surface area contributed by atoms with E-state index in [1.165, 1.54) is 44.3 Å². The molecule has 3 heteroatoms. The molecule has 1 saturated heterocycles. The van der Waals surface area contributed by atoms with Gasteiger partial charge < -0.3 is 9.64 Å². The van der Waals surface area contributed by atoms with Gasteiger partial charge in [-0.3, -0.25) is 0 Å². The van der Waals surface area contributed by atoms with E-state index in [0.29, 0.717) is 11.7 Å². The molecule has 0 bridgehead atoms. The quantitative estimate of drug-likeness (QED) is 0.737. The molecule has 2 atom stereocenters. The monoisotopic (exact) mass is 360 g/mol. The van der Waals surface area contributed by atoms with E-state index in [2.05, 4.69) is 36.1 Å². The van der Waals surface area contributed by atoms with E-state index in [1.54, 1.807) is 0 Å². The topological polar surface area (TPSA) is 36.3 Å². The van der Waals surface area contributed by atoms with Crippen molar-refractivity contribution in [3.8, 4) is 22.9 Å². The first-order valence-electron chi connectivity index (χ1n) is 10.3. The summed E-state index contributed by atoms with van der Waals surface area (Å²) in [6.45, 7) is 4.83. The zero-order valence-electron chi connectivity index (χ0n) is 16.2. The molecule has 0 saturated carbocycles. The van der Waals surface area contributed by atoms with Gasteiger partial charge in [-0.1, -0.05) is 30.7 Å². The van der Waals surface area contributed by atoms with Crippen LogP contribution in [-0.4, -0.2) is 30.1 Å². The molecule has 140 valence electrons. The lowest BCUT2D eigenvalue weighted by Gasteiger charge is -2.33. The normalized spacial score (nSPS) is 22.1. The minimum absolute atomic E-state index is 0.316. The Morgan fingerprint density at radius 2 is 1.93 bits per heavy atom. The Bertz CT molecular complexity index is 821. The van der Waals surface area contributed by atoms with Gasteiger partial charge in [0.2, 0.25) is 0 Å². The molecule has 1 fully saturated rings. The van der Waals surface area contributed by atoms with Crippen LogP contribution in [0.4, 0.5) is 0 Å². The molecule has 2 aromatic carbocycles. The van der Waals surface area contributed by atoms with Crippen molar-refractivity contribution in [2.45, 2.75) is 57.6 Å². The summed E-state index contributed by atoms with van der Waals surface area (Å²) in [7, 11) is 0. The van der Waals surface area contributed by atoms with E-state index in [0.717, 1.165) is 35.8 Å². The van der Waals surface area contributed by atoms with E-state index >= 15 is 0 Å². The van der Waals surface area contributed by atoms with E-state index < -0.39 is 0 Å². The van der Waals surface area contributed by atoms with Gasteiger partial charge in [0.1, 0.15) is 11.9 Å². The zero-order chi connectivity index (χ0) is 18.6. The van der Waals surface area contributed by atoms with Crippen LogP contribution >= 0.6 is 0 Å². The molecule has 27 heavy (non-hydrogen) atoms. The lowest BCUT2D eigenvalue weighted by Crippen LogP contribution is -2.38. The second-order valence-corrected chi connectivity index (χ2v) is 7.98. The number of fused-ring (bicyclic) bond motifs is 1. The van der Waals surface area contributed by atoms with Gasteiger partial charge in [-0.05, 0) is 80.6 Å². The fourth-order valence-electron chi connectivity index (χ4n) is 4.39. The zero-order valence-corrected chi connectivity index (χ0v) is 16.2. The molecule has 0 N–H and O–H groups in total. The first kappa shape index (κ1) is 18.1. The highest BCUT2D eigenvalue weighted by Gasteiger charge is 2.24. The van der Waals surface area contributed by atoms with Crippen LogP contribution in [-0.2, 0) is 6.42 Å². The molecule has 0 spiro atoms. The molecule has 2 aliphatic rings. The third kappa shape index (κ3) is 4.17. The van der Waals surface area contributed by atoms with Gasteiger partial charge in [-0.25, -0.2) is 0 Å². The summed E-state index contributed by atoms with van der Waals surface area (Å²) < 4.78 is 6.26. The van der Waals surface area contributed by atoms with Crippen LogP contribution in [0.3, 0.4) is 0 Å². The second kappa shape index (κ2) is 8.15. The van der Waals surface area contributed by atoms with E-state index in [-0.39, 0.29) is 0 Å². The predicted octanol–water partition coefficient (Wildman–Crippen LogP) is 5.18. The lowest BCUT2D eigenvalue weighted by atomic mass is 10.00. The van der Waals surface area contributed by atoms with Gasteiger partial charge in [0.25, 0.3) is 0 Å². The third-order valence-corrected chi connectivity index (χ3v) is 6.07. The summed E-state index contributed by atoms with van der Waals surface area (Å²) in [4.78, 5) is 2.65. The second-order valence-electron chi connectivity index (χ2n) is 7.98. The average Bonchev–Trinajstić information content (AvgIpc) is 3.11. The van der Waals surface area contributed by atoms with Crippen molar-refractivity contribution in [1.82, 2.24) is 4.90 Å². The van der Waals surface area contributed by atoms with Gasteiger partial charge in [0, 0.05) is 12.5 Å². The van der Waals surface area contributed by atoms with Crippen LogP contribution in [0.1, 0.15) is 50.2 Å². The van der Waals surface area contributed by atoms with Gasteiger partial charge >= 0.3 is 0 Å². The van der Waals surface area contributed by atoms with Crippen molar-refractivity contribution >= 4 is 0 Å². The fourth-order valence-corrected chi connectivity index (χ4v) is 4.39. The molecule has 0 radical (unpaired) electrons. The first-order chi connectivity index (χ1) is 13.2. The Morgan fingerprint density at radius 3 is 2.70 bits per heavy atom. The largest absolute Gasteiger partial charge is 0.490 e. The van der Waals surface area contributed by atoms with Crippen LogP contribution in [0.5, 0.6) is 5.75 Å². The van der Waals surface area contributed by atoms with Gasteiger partial charge in [-0.2, -0.15) is 5.26 Å². The summed E-state index contributed by atoms with van der Waals surface area (Å²) in [5.41, 5.74) is 4.30. The van der Waals surface area contributed by atoms with Crippen molar-refractivity contribution in [3.63, 3.8) is 0 Å². The molecule has 4 rings (SSSR count). The van der Waals surface area contributed by atoms with Gasteiger partial charge in [-0.15, -0.1) is 0 Å². The van der Waals surface area contributed by atoms with Crippen molar-refractivity contribution in [1.29, 1.82) is 5.26 Å². The standard InChI is InChI=1S/C24H28N2O/c1-18-5-2-3-13-26(18)14-4-6-23-15-22-12-11-21(16-24(22)27-23)20-9-7-19(17-25)8-10-20/h7-12,16,18,23H,2-6,13-15H2,1H3. The predicted molar refractivity (Wildman–Crippen MR) is 109 cm³/mol. The number of hydrogen-bond acceptors (Lipinski definition) is 3. The van der Waals surface area contributed by atoms with Crippen molar-refractivity contribution in [3.05, 3.63) is 53.6 Å². The maximum atomic E-state index is 8.95. The molecular formula is C24H28N2O. The molecule has 0 aliphatic carbocycles. The van der Waals surface area contributed by atoms with Crippen LogP contribution in [0.25, 0.3) is 11.1 Å². The maximum absolute atomic E-state index is 8.95. The molecule has 0 aromatic heterocycles. The summed E-state index contributed by atoms with van der Waals surface area (Å²) in [5, 5.41) is 8.95. The number of piperidine rings is 1. The lowest BCUT2D eigenvalue weighted by molar-refractivity contribution is 0.146. The first-order valence-corrected chi connectivity index (χ1v) is 10.3. The van der Waals surface area contributed by atoms with E-state index in [9.17, 15) is 0 Å². The molecular weight excluding hydrogens is 332 g/mol. The highest BCUT2D eigenvalue weighted by Crippen LogP contribution is 2.34. The van der Waals surface area contributed by atoms with E-state index in [1.807, 2.05) is 24.3 Å². The maximum Gasteiger partial charge on any atom is 0.123 e. The Hall–Kier alpha value is -2.31. The summed E-state index contributed by atoms with van der Waals surface area (Å²) in [6.07, 6.45) is 7.78. The molecule has 2 aromatic rings. The van der Waals surface area contributed by atoms with Crippen LogP contribution in [0.2, 0.25) is 0 Å². The third-order valence-electron chi connectivity index (χ3n) is 6.07. The Morgan fingerprint density at radius 1 is 1.11 bits per heavy atom. The molecule has 0 amide bonds. The number of rotatable bonds is 5. The average molecular weight is 361 g/mol. The SMILES string of the molecule is CC1CCCCN1CCCC1Cc2ccc(-c3ccc(C#N)cc3)cc2O1. The number of likely N-dealkylation sites (tertiary alicyclic amines) is 1. The highest BCUT2D eigenvalue weighted by molar-refractivity contribution is 5.67. The van der Waals surface area contributed by atoms with Gasteiger partial charge in [0.05, 0.1) is 11.6 Å². The van der Waals surface area contributed by atoms with Gasteiger partial charge in [0.15, 0.2) is 0 Å². The smallest absolute Gasteiger partial charge is 0.123 e. The Labute approximate surface area is 162 Å².